The second-order valence-electron chi connectivity index (χ2n) is 2.53. The summed E-state index contributed by atoms with van der Waals surface area (Å²) in [6.07, 6.45) is 1.72. The molecule has 2 rings (SSSR count). The number of halogens is 1. The van der Waals surface area contributed by atoms with Gasteiger partial charge in [-0.05, 0) is 24.6 Å². The Kier molecular flexibility index (Phi) is 1.40. The molecule has 11 heavy (non-hydrogen) atoms. The Morgan fingerprint density at radius 1 is 1.36 bits per heavy atom. The summed E-state index contributed by atoms with van der Waals surface area (Å²) in [6.45, 7) is 1.98. The highest BCUT2D eigenvalue weighted by Gasteiger charge is 2.03. The van der Waals surface area contributed by atoms with E-state index in [1.165, 1.54) is 0 Å². The molecule has 1 aromatic carbocycles. The van der Waals surface area contributed by atoms with E-state index >= 15 is 0 Å². The molecule has 0 aliphatic carbocycles. The van der Waals surface area contributed by atoms with Crippen LogP contribution in [0.25, 0.3) is 11.0 Å². The summed E-state index contributed by atoms with van der Waals surface area (Å²) >= 11 is 5.94. The van der Waals surface area contributed by atoms with E-state index in [2.05, 4.69) is 0 Å². The third-order valence-electron chi connectivity index (χ3n) is 1.73. The lowest BCUT2D eigenvalue weighted by Gasteiger charge is -1.91. The van der Waals surface area contributed by atoms with Gasteiger partial charge in [0.15, 0.2) is 0 Å². The van der Waals surface area contributed by atoms with Crippen molar-refractivity contribution in [3.63, 3.8) is 0 Å². The van der Waals surface area contributed by atoms with Gasteiger partial charge in [0, 0.05) is 5.39 Å². The molecule has 1 aromatic heterocycles. The van der Waals surface area contributed by atoms with Crippen molar-refractivity contribution < 1.29 is 4.42 Å². The minimum atomic E-state index is 0.758. The first kappa shape index (κ1) is 6.74. The Hall–Kier alpha value is -0.950. The fraction of sp³-hybridized carbons (Fsp3) is 0.111. The molecule has 1 heterocycles. The van der Waals surface area contributed by atoms with Gasteiger partial charge >= 0.3 is 0 Å². The Morgan fingerprint density at radius 3 is 2.91 bits per heavy atom. The third-order valence-corrected chi connectivity index (χ3v) is 2.05. The molecule has 2 aromatic rings. The quantitative estimate of drug-likeness (QED) is 0.585. The first-order valence-corrected chi connectivity index (χ1v) is 3.79. The van der Waals surface area contributed by atoms with Crippen LogP contribution in [0.1, 0.15) is 5.56 Å². The SMILES string of the molecule is Cc1coc2cccc(Cl)c12. The fourth-order valence-electron chi connectivity index (χ4n) is 1.20. The van der Waals surface area contributed by atoms with Crippen molar-refractivity contribution in [1.29, 1.82) is 0 Å². The maximum atomic E-state index is 5.94. The summed E-state index contributed by atoms with van der Waals surface area (Å²) in [6, 6.07) is 5.66. The van der Waals surface area contributed by atoms with Crippen LogP contribution in [0.15, 0.2) is 28.9 Å². The van der Waals surface area contributed by atoms with Gasteiger partial charge < -0.3 is 4.42 Å². The van der Waals surface area contributed by atoms with Crippen molar-refractivity contribution in [2.75, 3.05) is 0 Å². The molecule has 2 heteroatoms. The number of benzene rings is 1. The molecule has 0 saturated carbocycles. The molecule has 0 bridgehead atoms. The van der Waals surface area contributed by atoms with E-state index in [4.69, 9.17) is 16.0 Å². The van der Waals surface area contributed by atoms with Crippen LogP contribution in [0.4, 0.5) is 0 Å². The highest BCUT2D eigenvalue weighted by Crippen LogP contribution is 2.27. The summed E-state index contributed by atoms with van der Waals surface area (Å²) in [5, 5.41) is 1.78. The zero-order chi connectivity index (χ0) is 7.84. The van der Waals surface area contributed by atoms with Gasteiger partial charge in [0.25, 0.3) is 0 Å². The molecule has 0 fully saturated rings. The average Bonchev–Trinajstić information content (AvgIpc) is 2.34. The highest BCUT2D eigenvalue weighted by molar-refractivity contribution is 6.35. The van der Waals surface area contributed by atoms with Gasteiger partial charge in [-0.15, -0.1) is 0 Å². The number of rotatable bonds is 0. The lowest BCUT2D eigenvalue weighted by atomic mass is 10.2. The minimum absolute atomic E-state index is 0.758. The first-order chi connectivity index (χ1) is 5.29. The van der Waals surface area contributed by atoms with Crippen molar-refractivity contribution in [1.82, 2.24) is 0 Å². The van der Waals surface area contributed by atoms with Crippen LogP contribution in [0.2, 0.25) is 5.02 Å². The molecule has 1 nitrogen and oxygen atoms in total. The van der Waals surface area contributed by atoms with Gasteiger partial charge in [0.05, 0.1) is 11.3 Å². The molecule has 0 radical (unpaired) electrons. The van der Waals surface area contributed by atoms with Gasteiger partial charge in [0.2, 0.25) is 0 Å². The van der Waals surface area contributed by atoms with Crippen LogP contribution in [0.3, 0.4) is 0 Å². The van der Waals surface area contributed by atoms with Crippen LogP contribution in [0, 0.1) is 6.92 Å². The number of hydrogen-bond acceptors (Lipinski definition) is 1. The van der Waals surface area contributed by atoms with E-state index in [-0.39, 0.29) is 0 Å². The molecule has 56 valence electrons. The third kappa shape index (κ3) is 0.925. The van der Waals surface area contributed by atoms with E-state index in [9.17, 15) is 0 Å². The zero-order valence-corrected chi connectivity index (χ0v) is 6.85. The van der Waals surface area contributed by atoms with Crippen molar-refractivity contribution in [2.24, 2.45) is 0 Å². The lowest BCUT2D eigenvalue weighted by Crippen LogP contribution is -1.68. The van der Waals surface area contributed by atoms with E-state index in [1.807, 2.05) is 25.1 Å². The van der Waals surface area contributed by atoms with Gasteiger partial charge in [-0.25, -0.2) is 0 Å². The zero-order valence-electron chi connectivity index (χ0n) is 6.10. The second kappa shape index (κ2) is 2.28. The molecular weight excluding hydrogens is 160 g/mol. The minimum Gasteiger partial charge on any atom is -0.464 e. The predicted octanol–water partition coefficient (Wildman–Crippen LogP) is 3.39. The van der Waals surface area contributed by atoms with Crippen LogP contribution in [-0.4, -0.2) is 0 Å². The Morgan fingerprint density at radius 2 is 2.18 bits per heavy atom. The van der Waals surface area contributed by atoms with Crippen LogP contribution < -0.4 is 0 Å². The fourth-order valence-corrected chi connectivity index (χ4v) is 1.51. The first-order valence-electron chi connectivity index (χ1n) is 3.41. The van der Waals surface area contributed by atoms with Crippen molar-refractivity contribution >= 4 is 22.6 Å². The molecule has 0 aliphatic rings. The van der Waals surface area contributed by atoms with Gasteiger partial charge in [-0.3, -0.25) is 0 Å². The largest absolute Gasteiger partial charge is 0.464 e. The monoisotopic (exact) mass is 166 g/mol. The van der Waals surface area contributed by atoms with Crippen molar-refractivity contribution in [2.45, 2.75) is 6.92 Å². The van der Waals surface area contributed by atoms with E-state index in [1.54, 1.807) is 6.26 Å². The van der Waals surface area contributed by atoms with Gasteiger partial charge in [-0.2, -0.15) is 0 Å². The molecule has 0 amide bonds. The lowest BCUT2D eigenvalue weighted by molar-refractivity contribution is 0.613. The summed E-state index contributed by atoms with van der Waals surface area (Å²) in [7, 11) is 0. The molecule has 0 saturated heterocycles. The molecule has 0 N–H and O–H groups in total. The van der Waals surface area contributed by atoms with Crippen LogP contribution in [0.5, 0.6) is 0 Å². The molecule has 0 atom stereocenters. The van der Waals surface area contributed by atoms with Gasteiger partial charge in [0.1, 0.15) is 5.58 Å². The summed E-state index contributed by atoms with van der Waals surface area (Å²) in [5.74, 6) is 0. The average molecular weight is 167 g/mol. The van der Waals surface area contributed by atoms with E-state index in [0.29, 0.717) is 0 Å². The van der Waals surface area contributed by atoms with Crippen molar-refractivity contribution in [3.05, 3.63) is 35.0 Å². The van der Waals surface area contributed by atoms with Crippen molar-refractivity contribution in [3.8, 4) is 0 Å². The summed E-state index contributed by atoms with van der Waals surface area (Å²) in [5.41, 5.74) is 1.95. The number of fused-ring (bicyclic) bond motifs is 1. The molecule has 0 aliphatic heterocycles. The maximum Gasteiger partial charge on any atom is 0.135 e. The second-order valence-corrected chi connectivity index (χ2v) is 2.94. The number of hydrogen-bond donors (Lipinski definition) is 0. The summed E-state index contributed by atoms with van der Waals surface area (Å²) < 4.78 is 5.25. The van der Waals surface area contributed by atoms with Gasteiger partial charge in [-0.1, -0.05) is 17.7 Å². The number of aryl methyl sites for hydroxylation is 1. The predicted molar refractivity (Wildman–Crippen MR) is 46.0 cm³/mol. The maximum absolute atomic E-state index is 5.94. The Labute approximate surface area is 69.6 Å². The standard InChI is InChI=1S/C9H7ClO/c1-6-5-11-8-4-2-3-7(10)9(6)8/h2-5H,1H3. The molecule has 0 spiro atoms. The topological polar surface area (TPSA) is 13.1 Å². The Bertz CT molecular complexity index is 389. The Balaban J connectivity index is 2.96. The molecule has 0 unspecified atom stereocenters. The number of furan rings is 1. The van der Waals surface area contributed by atoms with Crippen LogP contribution in [-0.2, 0) is 0 Å². The smallest absolute Gasteiger partial charge is 0.135 e. The highest BCUT2D eigenvalue weighted by atomic mass is 35.5. The summed E-state index contributed by atoms with van der Waals surface area (Å²) in [4.78, 5) is 0. The van der Waals surface area contributed by atoms with E-state index < -0.39 is 0 Å². The van der Waals surface area contributed by atoms with Crippen LogP contribution >= 0.6 is 11.6 Å². The molecular formula is C9H7ClO. The van der Waals surface area contributed by atoms with E-state index in [0.717, 1.165) is 21.6 Å². The normalized spacial score (nSPS) is 10.7.